The van der Waals surface area contributed by atoms with Gasteiger partial charge in [-0.15, -0.1) is 0 Å². The molecule has 0 aliphatic rings. The zero-order valence-electron chi connectivity index (χ0n) is 14.0. The predicted octanol–water partition coefficient (Wildman–Crippen LogP) is 3.36. The summed E-state index contributed by atoms with van der Waals surface area (Å²) in [7, 11) is 4.76. The lowest BCUT2D eigenvalue weighted by atomic mass is 9.98. The van der Waals surface area contributed by atoms with E-state index in [0.717, 1.165) is 16.3 Å². The minimum absolute atomic E-state index is 0.228. The molecule has 0 radical (unpaired) electrons. The number of aryl methyl sites for hydroxylation is 1. The number of ether oxygens (including phenoxy) is 4. The Morgan fingerprint density at radius 3 is 2.09 bits per heavy atom. The summed E-state index contributed by atoms with van der Waals surface area (Å²) in [5.74, 6) is 1.52. The van der Waals surface area contributed by atoms with Crippen LogP contribution in [0.3, 0.4) is 0 Å². The summed E-state index contributed by atoms with van der Waals surface area (Å²) in [6, 6.07) is 7.83. The topological polar surface area (TPSA) is 54.0 Å². The predicted molar refractivity (Wildman–Crippen MR) is 88.6 cm³/mol. The van der Waals surface area contributed by atoms with Crippen molar-refractivity contribution >= 4 is 16.7 Å². The maximum atomic E-state index is 11.7. The summed E-state index contributed by atoms with van der Waals surface area (Å²) in [4.78, 5) is 11.7. The fourth-order valence-electron chi connectivity index (χ4n) is 2.74. The van der Waals surface area contributed by atoms with E-state index in [2.05, 4.69) is 0 Å². The van der Waals surface area contributed by atoms with Crippen molar-refractivity contribution < 1.29 is 23.7 Å². The lowest BCUT2D eigenvalue weighted by Crippen LogP contribution is -2.07. The Hall–Kier alpha value is -2.43. The van der Waals surface area contributed by atoms with E-state index >= 15 is 0 Å². The van der Waals surface area contributed by atoms with Gasteiger partial charge in [0.2, 0.25) is 5.75 Å². The second-order valence-electron chi connectivity index (χ2n) is 4.93. The van der Waals surface area contributed by atoms with Crippen LogP contribution < -0.4 is 14.2 Å². The van der Waals surface area contributed by atoms with Gasteiger partial charge in [0, 0.05) is 17.4 Å². The van der Waals surface area contributed by atoms with Crippen molar-refractivity contribution in [3.05, 3.63) is 29.8 Å². The van der Waals surface area contributed by atoms with Crippen LogP contribution in [0, 0.1) is 0 Å². The third-order valence-corrected chi connectivity index (χ3v) is 3.68. The number of fused-ring (bicyclic) bond motifs is 1. The van der Waals surface area contributed by atoms with Crippen molar-refractivity contribution in [3.8, 4) is 17.2 Å². The summed E-state index contributed by atoms with van der Waals surface area (Å²) < 4.78 is 21.6. The van der Waals surface area contributed by atoms with Gasteiger partial charge in [0.25, 0.3) is 0 Å². The second-order valence-corrected chi connectivity index (χ2v) is 4.93. The van der Waals surface area contributed by atoms with Crippen LogP contribution >= 0.6 is 0 Å². The Bertz CT molecular complexity index is 693. The van der Waals surface area contributed by atoms with Crippen LogP contribution in [0.2, 0.25) is 0 Å². The highest BCUT2D eigenvalue weighted by Crippen LogP contribution is 2.46. The Kier molecular flexibility index (Phi) is 5.68. The van der Waals surface area contributed by atoms with Crippen molar-refractivity contribution in [1.82, 2.24) is 0 Å². The molecule has 23 heavy (non-hydrogen) atoms. The summed E-state index contributed by atoms with van der Waals surface area (Å²) in [5.41, 5.74) is 0.911. The molecule has 0 atom stereocenters. The first-order valence-corrected chi connectivity index (χ1v) is 7.53. The van der Waals surface area contributed by atoms with Crippen molar-refractivity contribution in [3.63, 3.8) is 0 Å². The highest BCUT2D eigenvalue weighted by atomic mass is 16.5. The second kappa shape index (κ2) is 7.72. The molecule has 0 aromatic heterocycles. The minimum atomic E-state index is -0.228. The molecular formula is C18H22O5. The first-order valence-electron chi connectivity index (χ1n) is 7.53. The van der Waals surface area contributed by atoms with Crippen molar-refractivity contribution in [1.29, 1.82) is 0 Å². The molecule has 2 aromatic rings. The molecule has 0 heterocycles. The Labute approximate surface area is 136 Å². The molecule has 124 valence electrons. The standard InChI is InChI=1S/C18H22O5/c1-5-23-15(19)11-10-14-12-8-6-7-9-13(12)16(20-2)18(22-4)17(14)21-3/h6-9H,5,10-11H2,1-4H3. The van der Waals surface area contributed by atoms with Gasteiger partial charge in [0.15, 0.2) is 11.5 Å². The number of hydrogen-bond donors (Lipinski definition) is 0. The molecular weight excluding hydrogens is 296 g/mol. The third kappa shape index (κ3) is 3.33. The van der Waals surface area contributed by atoms with E-state index in [1.807, 2.05) is 24.3 Å². The van der Waals surface area contributed by atoms with E-state index in [1.54, 1.807) is 28.3 Å². The molecule has 0 aliphatic carbocycles. The van der Waals surface area contributed by atoms with Crippen LogP contribution in [-0.2, 0) is 16.0 Å². The summed E-state index contributed by atoms with van der Waals surface area (Å²) in [6.45, 7) is 2.17. The van der Waals surface area contributed by atoms with E-state index in [-0.39, 0.29) is 12.4 Å². The van der Waals surface area contributed by atoms with E-state index in [4.69, 9.17) is 18.9 Å². The number of rotatable bonds is 7. The van der Waals surface area contributed by atoms with Crippen LogP contribution in [0.15, 0.2) is 24.3 Å². The molecule has 0 amide bonds. The van der Waals surface area contributed by atoms with E-state index in [9.17, 15) is 4.79 Å². The highest BCUT2D eigenvalue weighted by molar-refractivity contribution is 5.96. The van der Waals surface area contributed by atoms with Crippen LogP contribution in [-0.4, -0.2) is 33.9 Å². The fraction of sp³-hybridized carbons (Fsp3) is 0.389. The first-order chi connectivity index (χ1) is 11.2. The molecule has 0 aliphatic heterocycles. The Morgan fingerprint density at radius 1 is 0.913 bits per heavy atom. The quantitative estimate of drug-likeness (QED) is 0.733. The third-order valence-electron chi connectivity index (χ3n) is 3.68. The number of hydrogen-bond acceptors (Lipinski definition) is 5. The fourth-order valence-corrected chi connectivity index (χ4v) is 2.74. The molecule has 2 rings (SSSR count). The number of carbonyl (C=O) groups is 1. The maximum Gasteiger partial charge on any atom is 0.306 e. The van der Waals surface area contributed by atoms with Crippen LogP contribution in [0.1, 0.15) is 18.9 Å². The molecule has 0 N–H and O–H groups in total. The molecule has 0 bridgehead atoms. The molecule has 0 fully saturated rings. The minimum Gasteiger partial charge on any atom is -0.492 e. The monoisotopic (exact) mass is 318 g/mol. The van der Waals surface area contributed by atoms with E-state index in [1.165, 1.54) is 0 Å². The zero-order chi connectivity index (χ0) is 16.8. The maximum absolute atomic E-state index is 11.7. The molecule has 5 nitrogen and oxygen atoms in total. The van der Waals surface area contributed by atoms with Gasteiger partial charge in [-0.05, 0) is 18.7 Å². The van der Waals surface area contributed by atoms with Gasteiger partial charge >= 0.3 is 5.97 Å². The number of methoxy groups -OCH3 is 3. The average molecular weight is 318 g/mol. The lowest BCUT2D eigenvalue weighted by Gasteiger charge is -2.19. The van der Waals surface area contributed by atoms with Gasteiger partial charge in [-0.1, -0.05) is 24.3 Å². The van der Waals surface area contributed by atoms with E-state index in [0.29, 0.717) is 30.3 Å². The molecule has 0 saturated carbocycles. The van der Waals surface area contributed by atoms with E-state index < -0.39 is 0 Å². The Balaban J connectivity index is 2.59. The van der Waals surface area contributed by atoms with Gasteiger partial charge in [0.05, 0.1) is 27.9 Å². The molecule has 2 aromatic carbocycles. The van der Waals surface area contributed by atoms with Crippen molar-refractivity contribution in [2.24, 2.45) is 0 Å². The van der Waals surface area contributed by atoms with Crippen LogP contribution in [0.25, 0.3) is 10.8 Å². The smallest absolute Gasteiger partial charge is 0.306 e. The number of carbonyl (C=O) groups excluding carboxylic acids is 1. The summed E-state index contributed by atoms with van der Waals surface area (Å²) >= 11 is 0. The molecule has 0 spiro atoms. The normalized spacial score (nSPS) is 10.4. The average Bonchev–Trinajstić information content (AvgIpc) is 2.58. The summed E-state index contributed by atoms with van der Waals surface area (Å²) in [6.07, 6.45) is 0.784. The van der Waals surface area contributed by atoms with Crippen LogP contribution in [0.4, 0.5) is 0 Å². The van der Waals surface area contributed by atoms with Gasteiger partial charge in [0.1, 0.15) is 0 Å². The SMILES string of the molecule is CCOC(=O)CCc1c(OC)c(OC)c(OC)c2ccccc12. The lowest BCUT2D eigenvalue weighted by molar-refractivity contribution is -0.143. The first kappa shape index (κ1) is 16.9. The number of esters is 1. The van der Waals surface area contributed by atoms with Crippen LogP contribution in [0.5, 0.6) is 17.2 Å². The molecule has 0 unspecified atom stereocenters. The van der Waals surface area contributed by atoms with Gasteiger partial charge in [-0.25, -0.2) is 0 Å². The van der Waals surface area contributed by atoms with Gasteiger partial charge in [-0.3, -0.25) is 4.79 Å². The molecule has 0 saturated heterocycles. The van der Waals surface area contributed by atoms with Crippen molar-refractivity contribution in [2.75, 3.05) is 27.9 Å². The molecule has 5 heteroatoms. The largest absolute Gasteiger partial charge is 0.492 e. The Morgan fingerprint density at radius 2 is 1.52 bits per heavy atom. The summed E-state index contributed by atoms with van der Waals surface area (Å²) in [5, 5.41) is 1.90. The zero-order valence-corrected chi connectivity index (χ0v) is 14.0. The van der Waals surface area contributed by atoms with Crippen molar-refractivity contribution in [2.45, 2.75) is 19.8 Å². The van der Waals surface area contributed by atoms with Gasteiger partial charge in [-0.2, -0.15) is 0 Å². The highest BCUT2D eigenvalue weighted by Gasteiger charge is 2.22. The van der Waals surface area contributed by atoms with Gasteiger partial charge < -0.3 is 18.9 Å². The number of benzene rings is 2.